The van der Waals surface area contributed by atoms with Gasteiger partial charge in [0.05, 0.1) is 41.3 Å². The molecule has 2 aliphatic heterocycles. The fourth-order valence-corrected chi connectivity index (χ4v) is 5.43. The van der Waals surface area contributed by atoms with Gasteiger partial charge in [0.2, 0.25) is 0 Å². The van der Waals surface area contributed by atoms with Crippen LogP contribution in [0.4, 0.5) is 0 Å². The molecule has 11 nitrogen and oxygen atoms in total. The fraction of sp³-hybridized carbons (Fsp3) is 0.233. The predicted octanol–water partition coefficient (Wildman–Crippen LogP) is 2.23. The largest absolute Gasteiger partial charge is 0.508 e. The number of nitrogens with zero attached hydrogens (tertiary/aromatic N) is 3. The number of phenols is 1. The number of ether oxygens (including phenoxy) is 1. The quantitative estimate of drug-likeness (QED) is 0.133. The molecule has 5 N–H and O–H groups in total. The van der Waals surface area contributed by atoms with E-state index in [2.05, 4.69) is 10.5 Å². The summed E-state index contributed by atoms with van der Waals surface area (Å²) in [5.74, 6) is -1.14. The number of hydrazone groups is 1. The Balaban J connectivity index is 0.00000353. The van der Waals surface area contributed by atoms with Crippen molar-refractivity contribution in [1.82, 2.24) is 15.0 Å². The van der Waals surface area contributed by atoms with Crippen molar-refractivity contribution >= 4 is 41.4 Å². The molecule has 0 fully saturated rings. The van der Waals surface area contributed by atoms with E-state index >= 15 is 0 Å². The number of esters is 1. The molecule has 0 saturated carbocycles. The van der Waals surface area contributed by atoms with Gasteiger partial charge in [-0.25, -0.2) is 15.2 Å². The Morgan fingerprint density at radius 3 is 2.69 bits per heavy atom. The van der Waals surface area contributed by atoms with Crippen LogP contribution in [-0.4, -0.2) is 43.9 Å². The first-order valence-electron chi connectivity index (χ1n) is 13.2. The van der Waals surface area contributed by atoms with Crippen LogP contribution < -0.4 is 16.7 Å². The van der Waals surface area contributed by atoms with E-state index in [4.69, 9.17) is 15.5 Å². The summed E-state index contributed by atoms with van der Waals surface area (Å²) in [4.78, 5) is 43.5. The number of carbonyl (C=O) groups is 2. The SMILES string of the molecule is CC[C@@]1(O)C(=O)OCc2c1cc1n(c2=O)Cc2c-1nc1ccccc1c2/C=N\NC(=O)C(N)Cc1ccc(O)cc1.Cl. The first-order valence-corrected chi connectivity index (χ1v) is 13.2. The van der Waals surface area contributed by atoms with E-state index in [0.717, 1.165) is 10.9 Å². The smallest absolute Gasteiger partial charge is 0.343 e. The summed E-state index contributed by atoms with van der Waals surface area (Å²) in [6.45, 7) is 1.62. The number of para-hydroxylation sites is 1. The van der Waals surface area contributed by atoms with Gasteiger partial charge in [0.15, 0.2) is 5.60 Å². The summed E-state index contributed by atoms with van der Waals surface area (Å²) in [7, 11) is 0. The first-order chi connectivity index (χ1) is 19.7. The van der Waals surface area contributed by atoms with Gasteiger partial charge >= 0.3 is 5.97 Å². The van der Waals surface area contributed by atoms with E-state index in [1.165, 1.54) is 18.3 Å². The number of halogens is 1. The van der Waals surface area contributed by atoms with Crippen LogP contribution in [0.1, 0.15) is 41.2 Å². The molecular formula is C30H28ClN5O6. The summed E-state index contributed by atoms with van der Waals surface area (Å²) >= 11 is 0. The second-order valence-corrected chi connectivity index (χ2v) is 10.2. The van der Waals surface area contributed by atoms with Crippen LogP contribution in [0.25, 0.3) is 22.3 Å². The van der Waals surface area contributed by atoms with Gasteiger partial charge < -0.3 is 25.3 Å². The standard InChI is InChI=1S/C30H27N5O6.ClH/c1-2-30(40)22-12-25-26-20(14-35(25)28(38)21(22)15-41-29(30)39)19(18-5-3-4-6-24(18)33-26)13-32-34-27(37)23(31)11-16-7-9-17(36)10-8-16;/h3-10,12-13,23,36,40H,2,11,14-15,31H2,1H3,(H,34,37);1H/b32-13-;/t23?,30-;/m0./s1. The molecule has 6 rings (SSSR count). The molecule has 4 heterocycles. The van der Waals surface area contributed by atoms with Gasteiger partial charge in [-0.3, -0.25) is 9.59 Å². The third-order valence-electron chi connectivity index (χ3n) is 7.74. The van der Waals surface area contributed by atoms with Crippen molar-refractivity contribution in [3.05, 3.63) is 92.8 Å². The molecule has 1 amide bonds. The maximum atomic E-state index is 13.6. The van der Waals surface area contributed by atoms with Crippen molar-refractivity contribution in [2.75, 3.05) is 0 Å². The third-order valence-corrected chi connectivity index (χ3v) is 7.74. The third kappa shape index (κ3) is 4.71. The molecule has 0 saturated heterocycles. The highest BCUT2D eigenvalue weighted by Gasteiger charge is 2.45. The van der Waals surface area contributed by atoms with E-state index in [0.29, 0.717) is 28.0 Å². The number of aliphatic hydroxyl groups is 1. The molecule has 2 aromatic carbocycles. The number of carbonyl (C=O) groups excluding carboxylic acids is 2. The van der Waals surface area contributed by atoms with Crippen molar-refractivity contribution in [3.8, 4) is 17.1 Å². The Labute approximate surface area is 246 Å². The Bertz CT molecular complexity index is 1820. The Morgan fingerprint density at radius 1 is 1.21 bits per heavy atom. The highest BCUT2D eigenvalue weighted by atomic mass is 35.5. The first kappa shape index (κ1) is 28.9. The number of rotatable bonds is 6. The number of aromatic nitrogens is 2. The summed E-state index contributed by atoms with van der Waals surface area (Å²) in [5, 5.41) is 25.5. The van der Waals surface area contributed by atoms with Crippen molar-refractivity contribution in [3.63, 3.8) is 0 Å². The molecule has 2 aromatic heterocycles. The fourth-order valence-electron chi connectivity index (χ4n) is 5.43. The lowest BCUT2D eigenvalue weighted by molar-refractivity contribution is -0.172. The van der Waals surface area contributed by atoms with Crippen LogP contribution >= 0.6 is 12.4 Å². The maximum absolute atomic E-state index is 13.6. The van der Waals surface area contributed by atoms with Crippen LogP contribution in [0.15, 0.2) is 64.5 Å². The highest BCUT2D eigenvalue weighted by Crippen LogP contribution is 2.39. The molecule has 1 unspecified atom stereocenters. The van der Waals surface area contributed by atoms with Crippen molar-refractivity contribution < 1.29 is 24.5 Å². The zero-order chi connectivity index (χ0) is 28.9. The predicted molar refractivity (Wildman–Crippen MR) is 157 cm³/mol. The minimum Gasteiger partial charge on any atom is -0.508 e. The number of amides is 1. The summed E-state index contributed by atoms with van der Waals surface area (Å²) < 4.78 is 6.70. The molecule has 2 aliphatic rings. The second kappa shape index (κ2) is 11.0. The molecule has 2 atom stereocenters. The van der Waals surface area contributed by atoms with E-state index in [1.807, 2.05) is 24.3 Å². The number of pyridine rings is 2. The van der Waals surface area contributed by atoms with E-state index in [-0.39, 0.29) is 60.8 Å². The molecule has 12 heteroatoms. The number of hydrogen-bond acceptors (Lipinski definition) is 9. The second-order valence-electron chi connectivity index (χ2n) is 10.2. The van der Waals surface area contributed by atoms with Crippen LogP contribution in [0.3, 0.4) is 0 Å². The topological polar surface area (TPSA) is 169 Å². The molecule has 42 heavy (non-hydrogen) atoms. The highest BCUT2D eigenvalue weighted by molar-refractivity contribution is 6.02. The van der Waals surface area contributed by atoms with Gasteiger partial charge in [-0.05, 0) is 42.7 Å². The minimum atomic E-state index is -1.92. The van der Waals surface area contributed by atoms with E-state index < -0.39 is 23.5 Å². The van der Waals surface area contributed by atoms with Gasteiger partial charge in [-0.15, -0.1) is 12.4 Å². The lowest BCUT2D eigenvalue weighted by Crippen LogP contribution is -2.44. The summed E-state index contributed by atoms with van der Waals surface area (Å²) in [6, 6.07) is 14.6. The average Bonchev–Trinajstić information content (AvgIpc) is 3.34. The number of cyclic esters (lactones) is 1. The molecule has 216 valence electrons. The normalized spacial score (nSPS) is 17.6. The Hall–Kier alpha value is -4.58. The molecule has 0 radical (unpaired) electrons. The van der Waals surface area contributed by atoms with Crippen LogP contribution in [-0.2, 0) is 39.5 Å². The van der Waals surface area contributed by atoms with Gasteiger partial charge in [-0.2, -0.15) is 5.10 Å². The number of hydrogen-bond donors (Lipinski definition) is 4. The Kier molecular flexibility index (Phi) is 7.58. The zero-order valence-electron chi connectivity index (χ0n) is 22.5. The monoisotopic (exact) mass is 589 g/mol. The van der Waals surface area contributed by atoms with Crippen molar-refractivity contribution in [2.45, 2.75) is 44.6 Å². The number of phenolic OH excluding ortho intramolecular Hbond substituents is 1. The van der Waals surface area contributed by atoms with Crippen LogP contribution in [0.2, 0.25) is 0 Å². The van der Waals surface area contributed by atoms with Crippen LogP contribution in [0, 0.1) is 0 Å². The minimum absolute atomic E-state index is 0. The van der Waals surface area contributed by atoms with Gasteiger partial charge in [-0.1, -0.05) is 37.3 Å². The van der Waals surface area contributed by atoms with Crippen LogP contribution in [0.5, 0.6) is 5.75 Å². The van der Waals surface area contributed by atoms with Crippen molar-refractivity contribution in [1.29, 1.82) is 0 Å². The average molecular weight is 590 g/mol. The van der Waals surface area contributed by atoms with Crippen molar-refractivity contribution in [2.24, 2.45) is 10.8 Å². The van der Waals surface area contributed by atoms with Gasteiger partial charge in [0.25, 0.3) is 11.5 Å². The lowest BCUT2D eigenvalue weighted by atomic mass is 9.86. The van der Waals surface area contributed by atoms with E-state index in [1.54, 1.807) is 29.7 Å². The number of fused-ring (bicyclic) bond motifs is 5. The van der Waals surface area contributed by atoms with Gasteiger partial charge in [0, 0.05) is 22.1 Å². The lowest BCUT2D eigenvalue weighted by Gasteiger charge is -2.31. The molecule has 0 aliphatic carbocycles. The maximum Gasteiger partial charge on any atom is 0.343 e. The van der Waals surface area contributed by atoms with E-state index in [9.17, 15) is 24.6 Å². The van der Waals surface area contributed by atoms with Gasteiger partial charge in [0.1, 0.15) is 12.4 Å². The molecule has 0 bridgehead atoms. The molecular weight excluding hydrogens is 562 g/mol. The number of nitrogens with one attached hydrogen (secondary N) is 1. The number of aromatic hydroxyl groups is 1. The summed E-state index contributed by atoms with van der Waals surface area (Å²) in [6.07, 6.45) is 1.82. The number of nitrogens with two attached hydrogens (primary N) is 1. The summed E-state index contributed by atoms with van der Waals surface area (Å²) in [5.41, 5.74) is 10.6. The number of benzene rings is 2. The zero-order valence-corrected chi connectivity index (χ0v) is 23.4. The molecule has 0 spiro atoms. The molecule has 4 aromatic rings. The Morgan fingerprint density at radius 2 is 1.95 bits per heavy atom.